The molecule has 0 aliphatic carbocycles. The Bertz CT molecular complexity index is 452. The highest BCUT2D eigenvalue weighted by Crippen LogP contribution is 2.16. The van der Waals surface area contributed by atoms with Crippen molar-refractivity contribution in [3.8, 4) is 5.75 Å². The molecule has 1 aromatic rings. The first-order chi connectivity index (χ1) is 10.1. The summed E-state index contributed by atoms with van der Waals surface area (Å²) in [7, 11) is 3.42. The second-order valence-corrected chi connectivity index (χ2v) is 4.76. The first kappa shape index (κ1) is 17.4. The first-order valence-electron chi connectivity index (χ1n) is 7.11. The molecular weight excluding hydrogens is 270 g/mol. The van der Waals surface area contributed by atoms with E-state index in [1.165, 1.54) is 0 Å². The number of aryl methyl sites for hydroxylation is 1. The lowest BCUT2D eigenvalue weighted by molar-refractivity contribution is -0.131. The molecule has 6 nitrogen and oxygen atoms in total. The second-order valence-electron chi connectivity index (χ2n) is 4.76. The fraction of sp³-hybridized carbons (Fsp3) is 0.600. The number of hydrogen-bond acceptors (Lipinski definition) is 5. The van der Waals surface area contributed by atoms with E-state index in [1.807, 2.05) is 26.0 Å². The van der Waals surface area contributed by atoms with Gasteiger partial charge < -0.3 is 19.7 Å². The van der Waals surface area contributed by atoms with Crippen LogP contribution in [-0.4, -0.2) is 56.3 Å². The highest BCUT2D eigenvalue weighted by molar-refractivity contribution is 5.77. The van der Waals surface area contributed by atoms with Crippen molar-refractivity contribution in [1.82, 2.24) is 15.2 Å². The topological polar surface area (TPSA) is 63.7 Å². The average Bonchev–Trinajstić information content (AvgIpc) is 2.49. The Hall–Kier alpha value is -1.66. The molecule has 1 N–H and O–H groups in total. The van der Waals surface area contributed by atoms with E-state index in [0.29, 0.717) is 25.4 Å². The van der Waals surface area contributed by atoms with Crippen molar-refractivity contribution in [2.75, 3.05) is 40.5 Å². The number of carbonyl (C=O) groups is 1. The van der Waals surface area contributed by atoms with Crippen molar-refractivity contribution in [1.29, 1.82) is 0 Å². The van der Waals surface area contributed by atoms with Crippen LogP contribution < -0.4 is 10.1 Å². The summed E-state index contributed by atoms with van der Waals surface area (Å²) < 4.78 is 10.6. The number of hydrogen-bond donors (Lipinski definition) is 1. The Morgan fingerprint density at radius 3 is 2.86 bits per heavy atom. The third-order valence-electron chi connectivity index (χ3n) is 3.10. The molecule has 1 heterocycles. The molecule has 118 valence electrons. The number of rotatable bonds is 9. The summed E-state index contributed by atoms with van der Waals surface area (Å²) in [5, 5.41) is 3.23. The minimum absolute atomic E-state index is 0.0279. The van der Waals surface area contributed by atoms with E-state index in [4.69, 9.17) is 9.47 Å². The highest BCUT2D eigenvalue weighted by Gasteiger charge is 2.11. The maximum atomic E-state index is 11.8. The van der Waals surface area contributed by atoms with Crippen LogP contribution >= 0.6 is 0 Å². The van der Waals surface area contributed by atoms with Crippen LogP contribution in [0.3, 0.4) is 0 Å². The largest absolute Gasteiger partial charge is 0.482 e. The van der Waals surface area contributed by atoms with Crippen molar-refractivity contribution in [3.63, 3.8) is 0 Å². The van der Waals surface area contributed by atoms with Crippen LogP contribution in [0.1, 0.15) is 18.3 Å². The van der Waals surface area contributed by atoms with Crippen LogP contribution in [0.2, 0.25) is 0 Å². The average molecular weight is 295 g/mol. The Kier molecular flexibility index (Phi) is 7.71. The number of ether oxygens (including phenoxy) is 2. The molecule has 0 saturated heterocycles. The van der Waals surface area contributed by atoms with Crippen molar-refractivity contribution in [2.24, 2.45) is 0 Å². The van der Waals surface area contributed by atoms with Gasteiger partial charge in [-0.05, 0) is 26.0 Å². The Balaban J connectivity index is 2.61. The van der Waals surface area contributed by atoms with Crippen molar-refractivity contribution >= 4 is 5.91 Å². The number of aromatic nitrogens is 1. The summed E-state index contributed by atoms with van der Waals surface area (Å²) >= 11 is 0. The molecule has 0 saturated carbocycles. The van der Waals surface area contributed by atoms with Crippen molar-refractivity contribution in [2.45, 2.75) is 20.4 Å². The van der Waals surface area contributed by atoms with Crippen LogP contribution in [0.4, 0.5) is 0 Å². The third-order valence-corrected chi connectivity index (χ3v) is 3.10. The van der Waals surface area contributed by atoms with Crippen LogP contribution in [0, 0.1) is 6.92 Å². The summed E-state index contributed by atoms with van der Waals surface area (Å²) in [4.78, 5) is 17.9. The summed E-state index contributed by atoms with van der Waals surface area (Å²) in [6.07, 6.45) is 0. The Morgan fingerprint density at radius 1 is 1.43 bits per heavy atom. The van der Waals surface area contributed by atoms with Gasteiger partial charge in [-0.3, -0.25) is 9.78 Å². The summed E-state index contributed by atoms with van der Waals surface area (Å²) in [6, 6.07) is 3.73. The number of nitrogens with one attached hydrogen (secondary N) is 1. The van der Waals surface area contributed by atoms with E-state index in [0.717, 1.165) is 17.9 Å². The van der Waals surface area contributed by atoms with E-state index in [-0.39, 0.29) is 12.5 Å². The molecule has 0 aliphatic heterocycles. The van der Waals surface area contributed by atoms with Crippen LogP contribution in [0.15, 0.2) is 12.1 Å². The standard InChI is InChI=1S/C15H25N3O3/c1-5-18(3)15(19)11-21-14-7-6-12(2)17-13(14)10-16-8-9-20-4/h6-7,16H,5,8-11H2,1-4H3. The molecular formula is C15H25N3O3. The fourth-order valence-electron chi connectivity index (χ4n) is 1.66. The maximum Gasteiger partial charge on any atom is 0.260 e. The SMILES string of the molecule is CCN(C)C(=O)COc1ccc(C)nc1CNCCOC. The molecule has 0 unspecified atom stereocenters. The molecule has 0 spiro atoms. The van der Waals surface area contributed by atoms with Crippen LogP contribution in [0.25, 0.3) is 0 Å². The van der Waals surface area contributed by atoms with Crippen molar-refractivity contribution in [3.05, 3.63) is 23.5 Å². The van der Waals surface area contributed by atoms with E-state index >= 15 is 0 Å². The number of amides is 1. The number of likely N-dealkylation sites (N-methyl/N-ethyl adjacent to an activating group) is 1. The number of nitrogens with zero attached hydrogens (tertiary/aromatic N) is 2. The molecule has 0 aromatic carbocycles. The molecule has 21 heavy (non-hydrogen) atoms. The number of pyridine rings is 1. The molecule has 0 radical (unpaired) electrons. The van der Waals surface area contributed by atoms with Gasteiger partial charge in [0.05, 0.1) is 12.3 Å². The Morgan fingerprint density at radius 2 is 2.19 bits per heavy atom. The van der Waals surface area contributed by atoms with Gasteiger partial charge in [-0.1, -0.05) is 0 Å². The van der Waals surface area contributed by atoms with Crippen LogP contribution in [-0.2, 0) is 16.1 Å². The lowest BCUT2D eigenvalue weighted by atomic mass is 10.3. The lowest BCUT2D eigenvalue weighted by Gasteiger charge is -2.16. The minimum Gasteiger partial charge on any atom is -0.482 e. The second kappa shape index (κ2) is 9.31. The Labute approximate surface area is 126 Å². The normalized spacial score (nSPS) is 10.5. The van der Waals surface area contributed by atoms with Gasteiger partial charge >= 0.3 is 0 Å². The molecule has 0 atom stereocenters. The van der Waals surface area contributed by atoms with E-state index < -0.39 is 0 Å². The third kappa shape index (κ3) is 6.10. The maximum absolute atomic E-state index is 11.8. The van der Waals surface area contributed by atoms with E-state index in [1.54, 1.807) is 19.1 Å². The van der Waals surface area contributed by atoms with Gasteiger partial charge in [-0.15, -0.1) is 0 Å². The molecule has 0 bridgehead atoms. The minimum atomic E-state index is -0.0450. The number of methoxy groups -OCH3 is 1. The van der Waals surface area contributed by atoms with Gasteiger partial charge in [-0.25, -0.2) is 0 Å². The summed E-state index contributed by atoms with van der Waals surface area (Å²) in [5.74, 6) is 0.597. The van der Waals surface area contributed by atoms with Gasteiger partial charge in [0.1, 0.15) is 5.75 Å². The number of carbonyl (C=O) groups excluding carboxylic acids is 1. The predicted octanol–water partition coefficient (Wildman–Crippen LogP) is 0.983. The van der Waals surface area contributed by atoms with Crippen LogP contribution in [0.5, 0.6) is 5.75 Å². The highest BCUT2D eigenvalue weighted by atomic mass is 16.5. The van der Waals surface area contributed by atoms with Gasteiger partial charge in [-0.2, -0.15) is 0 Å². The first-order valence-corrected chi connectivity index (χ1v) is 7.11. The quantitative estimate of drug-likeness (QED) is 0.688. The molecule has 6 heteroatoms. The summed E-state index contributed by atoms with van der Waals surface area (Å²) in [6.45, 7) is 6.51. The molecule has 1 amide bonds. The molecule has 1 aromatic heterocycles. The van der Waals surface area contributed by atoms with Crippen molar-refractivity contribution < 1.29 is 14.3 Å². The zero-order chi connectivity index (χ0) is 15.7. The molecule has 0 aliphatic rings. The fourth-order valence-corrected chi connectivity index (χ4v) is 1.66. The lowest BCUT2D eigenvalue weighted by Crippen LogP contribution is -2.31. The van der Waals surface area contributed by atoms with Gasteiger partial charge in [0.15, 0.2) is 6.61 Å². The van der Waals surface area contributed by atoms with Gasteiger partial charge in [0, 0.05) is 39.5 Å². The van der Waals surface area contributed by atoms with E-state index in [9.17, 15) is 4.79 Å². The zero-order valence-corrected chi connectivity index (χ0v) is 13.3. The van der Waals surface area contributed by atoms with Gasteiger partial charge in [0.25, 0.3) is 5.91 Å². The predicted molar refractivity (Wildman–Crippen MR) is 81.4 cm³/mol. The molecule has 1 rings (SSSR count). The smallest absolute Gasteiger partial charge is 0.260 e. The van der Waals surface area contributed by atoms with Gasteiger partial charge in [0.2, 0.25) is 0 Å². The summed E-state index contributed by atoms with van der Waals surface area (Å²) in [5.41, 5.74) is 1.72. The molecule has 0 fully saturated rings. The zero-order valence-electron chi connectivity index (χ0n) is 13.3. The van der Waals surface area contributed by atoms with E-state index in [2.05, 4.69) is 10.3 Å². The monoisotopic (exact) mass is 295 g/mol.